The molecule has 0 unspecified atom stereocenters. The van der Waals surface area contributed by atoms with Gasteiger partial charge in [0.15, 0.2) is 5.78 Å². The van der Waals surface area contributed by atoms with Crippen LogP contribution in [0.2, 0.25) is 0 Å². The predicted molar refractivity (Wildman–Crippen MR) is 55.4 cm³/mol. The number of alkyl halides is 1. The lowest BCUT2D eigenvalue weighted by Gasteiger charge is -2.13. The third kappa shape index (κ3) is 2.34. The number of benzene rings is 1. The number of ketones is 1. The molecule has 1 rings (SSSR count). The Kier molecular flexibility index (Phi) is 2.93. The number of halogens is 1. The Morgan fingerprint density at radius 3 is 2.21 bits per heavy atom. The highest BCUT2D eigenvalue weighted by Crippen LogP contribution is 2.19. The fourth-order valence-corrected chi connectivity index (χ4v) is 1.15. The van der Waals surface area contributed by atoms with E-state index in [1.807, 2.05) is 6.07 Å². The Morgan fingerprint density at radius 2 is 1.86 bits per heavy atom. The molecule has 0 atom stereocenters. The summed E-state index contributed by atoms with van der Waals surface area (Å²) in [5.41, 5.74) is 1.07. The molecule has 0 heterocycles. The van der Waals surface area contributed by atoms with Gasteiger partial charge in [0.1, 0.15) is 4.87 Å². The zero-order valence-electron chi connectivity index (χ0n) is 8.04. The van der Waals surface area contributed by atoms with Gasteiger partial charge in [-0.1, -0.05) is 12.1 Å². The molecule has 0 saturated heterocycles. The quantitative estimate of drug-likeness (QED) is 0.553. The van der Waals surface area contributed by atoms with Crippen molar-refractivity contribution in [3.8, 4) is 6.07 Å². The maximum Gasteiger partial charge on any atom is 0.183 e. The molecule has 0 aliphatic heterocycles. The lowest BCUT2D eigenvalue weighted by molar-refractivity contribution is 0.0954. The van der Waals surface area contributed by atoms with Gasteiger partial charge in [0.2, 0.25) is 0 Å². The average Bonchev–Trinajstić information content (AvgIpc) is 2.15. The van der Waals surface area contributed by atoms with Crippen molar-refractivity contribution >= 4 is 17.4 Å². The van der Waals surface area contributed by atoms with Gasteiger partial charge in [0.25, 0.3) is 0 Å². The highest BCUT2D eigenvalue weighted by Gasteiger charge is 2.25. The summed E-state index contributed by atoms with van der Waals surface area (Å²) in [6, 6.07) is 8.43. The molecule has 0 aliphatic carbocycles. The highest BCUT2D eigenvalue weighted by molar-refractivity contribution is 6.37. The minimum Gasteiger partial charge on any atom is -0.292 e. The minimum atomic E-state index is -0.895. The second kappa shape index (κ2) is 3.81. The van der Waals surface area contributed by atoms with E-state index in [1.54, 1.807) is 38.1 Å². The summed E-state index contributed by atoms with van der Waals surface area (Å²) in [7, 11) is 0. The van der Waals surface area contributed by atoms with Crippen molar-refractivity contribution in [2.24, 2.45) is 0 Å². The average molecular weight is 208 g/mol. The van der Waals surface area contributed by atoms with Crippen LogP contribution in [0, 0.1) is 11.3 Å². The Labute approximate surface area is 88.1 Å². The van der Waals surface area contributed by atoms with Gasteiger partial charge in [-0.3, -0.25) is 4.79 Å². The lowest BCUT2D eigenvalue weighted by Crippen LogP contribution is -2.24. The maximum absolute atomic E-state index is 11.7. The smallest absolute Gasteiger partial charge is 0.183 e. The SMILES string of the molecule is CC(C)(Cl)C(=O)c1ccc(C#N)cc1. The number of nitrogens with zero attached hydrogens (tertiary/aromatic N) is 1. The zero-order chi connectivity index (χ0) is 10.8. The lowest BCUT2D eigenvalue weighted by atomic mass is 9.99. The summed E-state index contributed by atoms with van der Waals surface area (Å²) in [6.45, 7) is 3.30. The summed E-state index contributed by atoms with van der Waals surface area (Å²) in [5.74, 6) is -0.136. The largest absolute Gasteiger partial charge is 0.292 e. The molecule has 1 aromatic carbocycles. The number of carbonyl (C=O) groups excluding carboxylic acids is 1. The van der Waals surface area contributed by atoms with Crippen LogP contribution in [0.1, 0.15) is 29.8 Å². The number of nitriles is 1. The second-order valence-corrected chi connectivity index (χ2v) is 4.44. The number of carbonyl (C=O) groups is 1. The maximum atomic E-state index is 11.7. The topological polar surface area (TPSA) is 40.9 Å². The molecule has 0 aliphatic rings. The summed E-state index contributed by atoms with van der Waals surface area (Å²) >= 11 is 5.88. The van der Waals surface area contributed by atoms with Crippen molar-refractivity contribution in [3.63, 3.8) is 0 Å². The van der Waals surface area contributed by atoms with Gasteiger partial charge in [-0.15, -0.1) is 11.6 Å². The zero-order valence-corrected chi connectivity index (χ0v) is 8.80. The van der Waals surface area contributed by atoms with Crippen molar-refractivity contribution in [3.05, 3.63) is 35.4 Å². The van der Waals surface area contributed by atoms with Crippen molar-refractivity contribution in [2.75, 3.05) is 0 Å². The molecule has 0 saturated carbocycles. The Bertz CT molecular complexity index is 381. The first kappa shape index (κ1) is 10.7. The number of hydrogen-bond acceptors (Lipinski definition) is 2. The number of Topliss-reactive ketones (excluding diaryl/α,β-unsaturated/α-hetero) is 1. The van der Waals surface area contributed by atoms with Gasteiger partial charge in [-0.2, -0.15) is 5.26 Å². The van der Waals surface area contributed by atoms with Crippen LogP contribution >= 0.6 is 11.6 Å². The first-order valence-electron chi connectivity index (χ1n) is 4.19. The van der Waals surface area contributed by atoms with E-state index in [0.717, 1.165) is 0 Å². The predicted octanol–water partition coefficient (Wildman–Crippen LogP) is 2.76. The van der Waals surface area contributed by atoms with Crippen LogP contribution in [0.15, 0.2) is 24.3 Å². The molecule has 0 fully saturated rings. The molecule has 0 radical (unpaired) electrons. The molecular weight excluding hydrogens is 198 g/mol. The number of hydrogen-bond donors (Lipinski definition) is 0. The van der Waals surface area contributed by atoms with Gasteiger partial charge in [-0.05, 0) is 26.0 Å². The normalized spacial score (nSPS) is 10.7. The third-order valence-electron chi connectivity index (χ3n) is 1.82. The summed E-state index contributed by atoms with van der Waals surface area (Å²) < 4.78 is 0. The molecule has 0 bridgehead atoms. The van der Waals surface area contributed by atoms with E-state index >= 15 is 0 Å². The fourth-order valence-electron chi connectivity index (χ4n) is 1.04. The van der Waals surface area contributed by atoms with Gasteiger partial charge in [0.05, 0.1) is 11.6 Å². The van der Waals surface area contributed by atoms with E-state index < -0.39 is 4.87 Å². The first-order chi connectivity index (χ1) is 6.45. The number of rotatable bonds is 2. The molecule has 0 amide bonds. The van der Waals surface area contributed by atoms with Crippen LogP contribution in [0.25, 0.3) is 0 Å². The van der Waals surface area contributed by atoms with Crippen LogP contribution in [0.3, 0.4) is 0 Å². The van der Waals surface area contributed by atoms with Gasteiger partial charge < -0.3 is 0 Å². The molecule has 0 aromatic heterocycles. The van der Waals surface area contributed by atoms with Gasteiger partial charge in [-0.25, -0.2) is 0 Å². The first-order valence-corrected chi connectivity index (χ1v) is 4.57. The summed E-state index contributed by atoms with van der Waals surface area (Å²) in [6.07, 6.45) is 0. The van der Waals surface area contributed by atoms with Crippen molar-refractivity contribution in [1.29, 1.82) is 5.26 Å². The van der Waals surface area contributed by atoms with E-state index in [1.165, 1.54) is 0 Å². The van der Waals surface area contributed by atoms with Crippen LogP contribution in [-0.2, 0) is 0 Å². The molecule has 2 nitrogen and oxygen atoms in total. The molecule has 72 valence electrons. The van der Waals surface area contributed by atoms with Crippen molar-refractivity contribution in [2.45, 2.75) is 18.7 Å². The van der Waals surface area contributed by atoms with E-state index in [9.17, 15) is 4.79 Å². The Balaban J connectivity index is 3.00. The van der Waals surface area contributed by atoms with Crippen LogP contribution in [0.5, 0.6) is 0 Å². The van der Waals surface area contributed by atoms with Gasteiger partial charge >= 0.3 is 0 Å². The standard InChI is InChI=1S/C11H10ClNO/c1-11(2,12)10(14)9-5-3-8(7-13)4-6-9/h3-6H,1-2H3. The van der Waals surface area contributed by atoms with E-state index in [2.05, 4.69) is 0 Å². The molecule has 14 heavy (non-hydrogen) atoms. The van der Waals surface area contributed by atoms with E-state index in [-0.39, 0.29) is 5.78 Å². The molecular formula is C11H10ClNO. The van der Waals surface area contributed by atoms with Crippen LogP contribution in [-0.4, -0.2) is 10.7 Å². The molecule has 0 spiro atoms. The fraction of sp³-hybridized carbons (Fsp3) is 0.273. The van der Waals surface area contributed by atoms with Crippen molar-refractivity contribution in [1.82, 2.24) is 0 Å². The van der Waals surface area contributed by atoms with Crippen LogP contribution in [0.4, 0.5) is 0 Å². The minimum absolute atomic E-state index is 0.136. The Morgan fingerprint density at radius 1 is 1.36 bits per heavy atom. The van der Waals surface area contributed by atoms with E-state index in [4.69, 9.17) is 16.9 Å². The van der Waals surface area contributed by atoms with Crippen molar-refractivity contribution < 1.29 is 4.79 Å². The Hall–Kier alpha value is -1.33. The second-order valence-electron chi connectivity index (χ2n) is 3.49. The highest BCUT2D eigenvalue weighted by atomic mass is 35.5. The molecule has 0 N–H and O–H groups in total. The molecule has 1 aromatic rings. The van der Waals surface area contributed by atoms with Gasteiger partial charge in [0, 0.05) is 5.56 Å². The third-order valence-corrected chi connectivity index (χ3v) is 1.99. The molecule has 3 heteroatoms. The van der Waals surface area contributed by atoms with Crippen LogP contribution < -0.4 is 0 Å². The van der Waals surface area contributed by atoms with E-state index in [0.29, 0.717) is 11.1 Å². The monoisotopic (exact) mass is 207 g/mol. The summed E-state index contributed by atoms with van der Waals surface area (Å²) in [5, 5.41) is 8.57. The summed E-state index contributed by atoms with van der Waals surface area (Å²) in [4.78, 5) is 10.8.